The summed E-state index contributed by atoms with van der Waals surface area (Å²) in [7, 11) is 0. The second-order valence-electron chi connectivity index (χ2n) is 7.27. The molecule has 2 aromatic rings. The van der Waals surface area contributed by atoms with Crippen molar-refractivity contribution in [2.45, 2.75) is 19.3 Å². The predicted octanol–water partition coefficient (Wildman–Crippen LogP) is 3.80. The van der Waals surface area contributed by atoms with Crippen LogP contribution in [0, 0.1) is 17.0 Å². The van der Waals surface area contributed by atoms with Crippen molar-refractivity contribution in [3.05, 3.63) is 64.7 Å². The zero-order chi connectivity index (χ0) is 21.0. The van der Waals surface area contributed by atoms with Crippen LogP contribution in [0.3, 0.4) is 0 Å². The van der Waals surface area contributed by atoms with Gasteiger partial charge in [-0.2, -0.15) is 0 Å². The van der Waals surface area contributed by atoms with E-state index in [1.165, 1.54) is 11.0 Å². The minimum Gasteiger partial charge on any atom is -0.493 e. The van der Waals surface area contributed by atoms with Crippen molar-refractivity contribution in [1.82, 2.24) is 4.90 Å². The van der Waals surface area contributed by atoms with E-state index in [-0.39, 0.29) is 26.1 Å². The molecule has 1 saturated heterocycles. The van der Waals surface area contributed by atoms with Crippen LogP contribution in [0.15, 0.2) is 42.5 Å². The van der Waals surface area contributed by atoms with Gasteiger partial charge in [0.25, 0.3) is 5.91 Å². The van der Waals surface area contributed by atoms with E-state index < -0.39 is 34.4 Å². The Hall–Kier alpha value is -2.67. The first-order chi connectivity index (χ1) is 13.8. The molecule has 0 bridgehead atoms. The molecule has 29 heavy (non-hydrogen) atoms. The van der Waals surface area contributed by atoms with E-state index >= 15 is 0 Å². The van der Waals surface area contributed by atoms with Crippen molar-refractivity contribution in [3.63, 3.8) is 0 Å². The normalized spacial score (nSPS) is 15.8. The van der Waals surface area contributed by atoms with Gasteiger partial charge in [0.1, 0.15) is 22.9 Å². The lowest BCUT2D eigenvalue weighted by atomic mass is 9.76. The van der Waals surface area contributed by atoms with Gasteiger partial charge in [-0.25, -0.2) is 8.78 Å². The molecule has 3 rings (SSSR count). The van der Waals surface area contributed by atoms with Crippen LogP contribution in [0.2, 0.25) is 5.02 Å². The standard InChI is InChI=1S/C21H21ClF2N2O3/c22-14-4-6-15(7-5-14)29-13-21(12-18(25)27)8-10-26(11-9-21)20(28)19-16(23)2-1-3-17(19)24/h1-7H,8-13H2,(H2,25,27). The Morgan fingerprint density at radius 3 is 2.21 bits per heavy atom. The highest BCUT2D eigenvalue weighted by Gasteiger charge is 2.39. The SMILES string of the molecule is NC(=O)CC1(COc2ccc(Cl)cc2)CCN(C(=O)c2c(F)cccc2F)CC1. The maximum atomic E-state index is 13.9. The summed E-state index contributed by atoms with van der Waals surface area (Å²) in [6.45, 7) is 0.710. The van der Waals surface area contributed by atoms with Gasteiger partial charge in [0.2, 0.25) is 5.91 Å². The third-order valence-corrected chi connectivity index (χ3v) is 5.45. The van der Waals surface area contributed by atoms with E-state index in [9.17, 15) is 18.4 Å². The molecule has 1 fully saturated rings. The smallest absolute Gasteiger partial charge is 0.259 e. The first-order valence-corrected chi connectivity index (χ1v) is 9.57. The zero-order valence-corrected chi connectivity index (χ0v) is 16.4. The molecule has 0 atom stereocenters. The summed E-state index contributed by atoms with van der Waals surface area (Å²) in [4.78, 5) is 25.6. The summed E-state index contributed by atoms with van der Waals surface area (Å²) in [5.74, 6) is -2.35. The van der Waals surface area contributed by atoms with Crippen molar-refractivity contribution in [2.24, 2.45) is 11.1 Å². The number of piperidine rings is 1. The quantitative estimate of drug-likeness (QED) is 0.769. The average molecular weight is 423 g/mol. The summed E-state index contributed by atoms with van der Waals surface area (Å²) < 4.78 is 33.7. The van der Waals surface area contributed by atoms with Crippen molar-refractivity contribution in [1.29, 1.82) is 0 Å². The highest BCUT2D eigenvalue weighted by Crippen LogP contribution is 2.36. The van der Waals surface area contributed by atoms with Crippen LogP contribution in [0.4, 0.5) is 8.78 Å². The van der Waals surface area contributed by atoms with Crippen LogP contribution in [0.1, 0.15) is 29.6 Å². The van der Waals surface area contributed by atoms with Gasteiger partial charge in [-0.1, -0.05) is 17.7 Å². The Morgan fingerprint density at radius 1 is 1.07 bits per heavy atom. The Bertz CT molecular complexity index is 877. The summed E-state index contributed by atoms with van der Waals surface area (Å²) in [5.41, 5.74) is 4.31. The third kappa shape index (κ3) is 5.03. The highest BCUT2D eigenvalue weighted by atomic mass is 35.5. The lowest BCUT2D eigenvalue weighted by molar-refractivity contribution is -0.121. The average Bonchev–Trinajstić information content (AvgIpc) is 2.67. The van der Waals surface area contributed by atoms with Gasteiger partial charge >= 0.3 is 0 Å². The second-order valence-corrected chi connectivity index (χ2v) is 7.71. The van der Waals surface area contributed by atoms with Crippen LogP contribution in [-0.4, -0.2) is 36.4 Å². The van der Waals surface area contributed by atoms with Crippen LogP contribution in [0.5, 0.6) is 5.75 Å². The first-order valence-electron chi connectivity index (χ1n) is 9.20. The van der Waals surface area contributed by atoms with E-state index in [0.717, 1.165) is 12.1 Å². The number of carbonyl (C=O) groups excluding carboxylic acids is 2. The van der Waals surface area contributed by atoms with Gasteiger partial charge in [-0.3, -0.25) is 9.59 Å². The molecular formula is C21H21ClF2N2O3. The van der Waals surface area contributed by atoms with E-state index in [1.807, 2.05) is 0 Å². The van der Waals surface area contributed by atoms with Crippen molar-refractivity contribution in [2.75, 3.05) is 19.7 Å². The summed E-state index contributed by atoms with van der Waals surface area (Å²) >= 11 is 5.87. The van der Waals surface area contributed by atoms with Crippen molar-refractivity contribution >= 4 is 23.4 Å². The van der Waals surface area contributed by atoms with E-state index in [1.54, 1.807) is 24.3 Å². The molecule has 2 N–H and O–H groups in total. The molecule has 1 aliphatic heterocycles. The highest BCUT2D eigenvalue weighted by molar-refractivity contribution is 6.30. The number of amides is 2. The monoisotopic (exact) mass is 422 g/mol. The number of rotatable bonds is 6. The maximum absolute atomic E-state index is 13.9. The number of halogens is 3. The molecule has 0 radical (unpaired) electrons. The van der Waals surface area contributed by atoms with Crippen LogP contribution in [-0.2, 0) is 4.79 Å². The topological polar surface area (TPSA) is 72.6 Å². The number of ether oxygens (including phenoxy) is 1. The molecule has 5 nitrogen and oxygen atoms in total. The predicted molar refractivity (Wildman–Crippen MR) is 105 cm³/mol. The molecule has 2 aromatic carbocycles. The third-order valence-electron chi connectivity index (χ3n) is 5.20. The lowest BCUT2D eigenvalue weighted by Gasteiger charge is -2.41. The lowest BCUT2D eigenvalue weighted by Crippen LogP contribution is -2.47. The molecule has 154 valence electrons. The number of benzene rings is 2. The summed E-state index contributed by atoms with van der Waals surface area (Å²) in [5, 5.41) is 0.580. The van der Waals surface area contributed by atoms with Crippen LogP contribution in [0.25, 0.3) is 0 Å². The number of primary amides is 1. The van der Waals surface area contributed by atoms with Gasteiger partial charge in [0, 0.05) is 29.9 Å². The molecule has 2 amide bonds. The largest absolute Gasteiger partial charge is 0.493 e. The molecule has 0 unspecified atom stereocenters. The Kier molecular flexibility index (Phi) is 6.37. The van der Waals surface area contributed by atoms with Gasteiger partial charge in [-0.05, 0) is 49.2 Å². The maximum Gasteiger partial charge on any atom is 0.259 e. The Labute approximate surface area is 172 Å². The summed E-state index contributed by atoms with van der Waals surface area (Å²) in [6.07, 6.45) is 0.938. The minimum absolute atomic E-state index is 0.0939. The first kappa shape index (κ1) is 21.0. The molecule has 0 spiro atoms. The van der Waals surface area contributed by atoms with Crippen molar-refractivity contribution < 1.29 is 23.1 Å². The fourth-order valence-corrected chi connectivity index (χ4v) is 3.68. The number of likely N-dealkylation sites (tertiary alicyclic amines) is 1. The van der Waals surface area contributed by atoms with Crippen LogP contribution >= 0.6 is 11.6 Å². The van der Waals surface area contributed by atoms with Gasteiger partial charge < -0.3 is 15.4 Å². The Balaban J connectivity index is 1.69. The number of nitrogens with two attached hydrogens (primary N) is 1. The molecule has 1 aliphatic rings. The van der Waals surface area contributed by atoms with Gasteiger partial charge in [0.15, 0.2) is 0 Å². The van der Waals surface area contributed by atoms with Crippen molar-refractivity contribution in [3.8, 4) is 5.75 Å². The van der Waals surface area contributed by atoms with E-state index in [0.29, 0.717) is 23.6 Å². The zero-order valence-electron chi connectivity index (χ0n) is 15.7. The van der Waals surface area contributed by atoms with E-state index in [4.69, 9.17) is 22.1 Å². The molecule has 8 heteroatoms. The van der Waals surface area contributed by atoms with Gasteiger partial charge in [0.05, 0.1) is 6.61 Å². The number of hydrogen-bond acceptors (Lipinski definition) is 3. The molecule has 1 heterocycles. The Morgan fingerprint density at radius 2 is 1.66 bits per heavy atom. The van der Waals surface area contributed by atoms with Gasteiger partial charge in [-0.15, -0.1) is 0 Å². The minimum atomic E-state index is -0.893. The molecule has 0 saturated carbocycles. The fraction of sp³-hybridized carbons (Fsp3) is 0.333. The van der Waals surface area contributed by atoms with Crippen LogP contribution < -0.4 is 10.5 Å². The number of carbonyl (C=O) groups is 2. The number of nitrogens with zero attached hydrogens (tertiary/aromatic N) is 1. The molecular weight excluding hydrogens is 402 g/mol. The van der Waals surface area contributed by atoms with E-state index in [2.05, 4.69) is 0 Å². The summed E-state index contributed by atoms with van der Waals surface area (Å²) in [6, 6.07) is 10.2. The fourth-order valence-electron chi connectivity index (χ4n) is 3.55. The molecule has 0 aromatic heterocycles. The number of hydrogen-bond donors (Lipinski definition) is 1. The molecule has 0 aliphatic carbocycles. The second kappa shape index (κ2) is 8.78.